The number of hydrogen-bond donors (Lipinski definition) is 1. The van der Waals surface area contributed by atoms with Crippen LogP contribution in [0.25, 0.3) is 0 Å². The zero-order chi connectivity index (χ0) is 18.8. The van der Waals surface area contributed by atoms with Crippen molar-refractivity contribution in [2.75, 3.05) is 25.1 Å². The molecule has 1 fully saturated rings. The third-order valence-corrected chi connectivity index (χ3v) is 5.45. The Labute approximate surface area is 160 Å². The molecule has 1 saturated carbocycles. The monoisotopic (exact) mass is 366 g/mol. The molecule has 2 aromatic rings. The highest BCUT2D eigenvalue weighted by Gasteiger charge is 2.34. The molecule has 0 radical (unpaired) electrons. The van der Waals surface area contributed by atoms with E-state index < -0.39 is 6.10 Å². The van der Waals surface area contributed by atoms with E-state index in [1.54, 1.807) is 7.11 Å². The minimum absolute atomic E-state index is 0.199. The smallest absolute Gasteiger partial charge is 0.224 e. The van der Waals surface area contributed by atoms with Gasteiger partial charge in [-0.2, -0.15) is 0 Å². The molecule has 1 heterocycles. The normalized spacial score (nSPS) is 18.5. The molecule has 1 unspecified atom stereocenters. The van der Waals surface area contributed by atoms with E-state index in [0.717, 1.165) is 35.4 Å². The van der Waals surface area contributed by atoms with Crippen molar-refractivity contribution in [2.45, 2.75) is 38.0 Å². The van der Waals surface area contributed by atoms with E-state index >= 15 is 0 Å². The molecule has 0 spiro atoms. The number of aliphatic hydroxyl groups excluding tert-OH is 1. The van der Waals surface area contributed by atoms with Crippen molar-refractivity contribution in [2.24, 2.45) is 0 Å². The highest BCUT2D eigenvalue weighted by Crippen LogP contribution is 2.35. The van der Waals surface area contributed by atoms with Gasteiger partial charge in [0.1, 0.15) is 5.75 Å². The molecule has 0 saturated heterocycles. The Morgan fingerprint density at radius 2 is 1.96 bits per heavy atom. The van der Waals surface area contributed by atoms with Gasteiger partial charge in [-0.1, -0.05) is 30.3 Å². The van der Waals surface area contributed by atoms with Gasteiger partial charge >= 0.3 is 0 Å². The van der Waals surface area contributed by atoms with Gasteiger partial charge in [-0.05, 0) is 42.2 Å². The molecule has 1 aliphatic heterocycles. The quantitative estimate of drug-likeness (QED) is 0.883. The molecule has 5 nitrogen and oxygen atoms in total. The fraction of sp³-hybridized carbons (Fsp3) is 0.409. The number of β-amino-alcohol motifs (C(OH)–C–C–N with tert-alkyl or cyclic N) is 1. The second-order valence-corrected chi connectivity index (χ2v) is 7.37. The molecule has 0 bridgehead atoms. The van der Waals surface area contributed by atoms with Crippen molar-refractivity contribution in [3.63, 3.8) is 0 Å². The predicted molar refractivity (Wildman–Crippen MR) is 105 cm³/mol. The van der Waals surface area contributed by atoms with Crippen LogP contribution in [0, 0.1) is 0 Å². The SMILES string of the molecule is COc1ccc2c(c1)CN(C1CC1)C(=O)CCN2CC(O)c1ccccc1. The van der Waals surface area contributed by atoms with Gasteiger partial charge in [0.05, 0.1) is 13.2 Å². The van der Waals surface area contributed by atoms with E-state index in [1.165, 1.54) is 0 Å². The lowest BCUT2D eigenvalue weighted by Gasteiger charge is -2.34. The number of anilines is 1. The average molecular weight is 366 g/mol. The van der Waals surface area contributed by atoms with Crippen molar-refractivity contribution < 1.29 is 14.6 Å². The van der Waals surface area contributed by atoms with Crippen molar-refractivity contribution in [3.05, 3.63) is 59.7 Å². The topological polar surface area (TPSA) is 53.0 Å². The van der Waals surface area contributed by atoms with E-state index in [4.69, 9.17) is 4.74 Å². The second kappa shape index (κ2) is 7.61. The highest BCUT2D eigenvalue weighted by atomic mass is 16.5. The number of carbonyl (C=O) groups is 1. The summed E-state index contributed by atoms with van der Waals surface area (Å²) in [6.45, 7) is 1.67. The Balaban J connectivity index is 1.63. The number of carbonyl (C=O) groups excluding carboxylic acids is 1. The second-order valence-electron chi connectivity index (χ2n) is 7.37. The molecule has 27 heavy (non-hydrogen) atoms. The first-order chi connectivity index (χ1) is 13.2. The molecule has 1 amide bonds. The molecule has 5 heteroatoms. The lowest BCUT2D eigenvalue weighted by Crippen LogP contribution is -2.40. The molecular formula is C22H26N2O3. The number of ether oxygens (including phenoxy) is 1. The van der Waals surface area contributed by atoms with Crippen LogP contribution in [-0.4, -0.2) is 42.2 Å². The number of amides is 1. The van der Waals surface area contributed by atoms with E-state index in [1.807, 2.05) is 53.4 Å². The number of hydrogen-bond acceptors (Lipinski definition) is 4. The van der Waals surface area contributed by atoms with Crippen LogP contribution in [0.3, 0.4) is 0 Å². The van der Waals surface area contributed by atoms with Gasteiger partial charge < -0.3 is 19.6 Å². The minimum Gasteiger partial charge on any atom is -0.497 e. The predicted octanol–water partition coefficient (Wildman–Crippen LogP) is 3.13. The minimum atomic E-state index is -0.602. The van der Waals surface area contributed by atoms with Gasteiger partial charge in [0.15, 0.2) is 0 Å². The van der Waals surface area contributed by atoms with Gasteiger partial charge in [0.2, 0.25) is 5.91 Å². The lowest BCUT2D eigenvalue weighted by molar-refractivity contribution is -0.132. The summed E-state index contributed by atoms with van der Waals surface area (Å²) in [5.74, 6) is 0.992. The van der Waals surface area contributed by atoms with Gasteiger partial charge in [-0.25, -0.2) is 0 Å². The Morgan fingerprint density at radius 3 is 2.67 bits per heavy atom. The maximum atomic E-state index is 12.7. The van der Waals surface area contributed by atoms with E-state index in [2.05, 4.69) is 4.90 Å². The number of benzene rings is 2. The third-order valence-electron chi connectivity index (χ3n) is 5.45. The van der Waals surface area contributed by atoms with Crippen LogP contribution in [0.5, 0.6) is 5.75 Å². The van der Waals surface area contributed by atoms with Crippen LogP contribution in [-0.2, 0) is 11.3 Å². The summed E-state index contributed by atoms with van der Waals surface area (Å²) in [7, 11) is 1.66. The lowest BCUT2D eigenvalue weighted by atomic mass is 10.0. The first-order valence-corrected chi connectivity index (χ1v) is 9.60. The Bertz CT molecular complexity index is 804. The van der Waals surface area contributed by atoms with Crippen LogP contribution in [0.2, 0.25) is 0 Å². The van der Waals surface area contributed by atoms with Crippen molar-refractivity contribution in [3.8, 4) is 5.75 Å². The van der Waals surface area contributed by atoms with Crippen LogP contribution in [0.4, 0.5) is 5.69 Å². The molecule has 2 aromatic carbocycles. The summed E-state index contributed by atoms with van der Waals surface area (Å²) in [6, 6.07) is 16.1. The first-order valence-electron chi connectivity index (χ1n) is 9.60. The van der Waals surface area contributed by atoms with Crippen molar-refractivity contribution in [1.29, 1.82) is 0 Å². The van der Waals surface area contributed by atoms with Gasteiger partial charge in [-0.3, -0.25) is 4.79 Å². The summed E-state index contributed by atoms with van der Waals surface area (Å²) in [4.78, 5) is 16.9. The van der Waals surface area contributed by atoms with E-state index in [0.29, 0.717) is 32.1 Å². The number of rotatable bonds is 5. The van der Waals surface area contributed by atoms with Crippen LogP contribution in [0.15, 0.2) is 48.5 Å². The number of fused-ring (bicyclic) bond motifs is 1. The highest BCUT2D eigenvalue weighted by molar-refractivity contribution is 5.79. The molecule has 1 atom stereocenters. The van der Waals surface area contributed by atoms with E-state index in [-0.39, 0.29) is 5.91 Å². The van der Waals surface area contributed by atoms with Crippen LogP contribution >= 0.6 is 0 Å². The maximum absolute atomic E-state index is 12.7. The van der Waals surface area contributed by atoms with Gasteiger partial charge in [0, 0.05) is 37.8 Å². The number of aliphatic hydroxyl groups is 1. The first kappa shape index (κ1) is 17.9. The summed E-state index contributed by atoms with van der Waals surface area (Å²) in [5, 5.41) is 10.7. The standard InChI is InChI=1S/C22H26N2O3/c1-27-19-9-10-20-17(13-19)14-24(18-7-8-18)22(26)11-12-23(20)15-21(25)16-5-3-2-4-6-16/h2-6,9-10,13,18,21,25H,7-8,11-12,14-15H2,1H3. The maximum Gasteiger partial charge on any atom is 0.224 e. The Morgan fingerprint density at radius 1 is 1.19 bits per heavy atom. The Kier molecular flexibility index (Phi) is 5.03. The van der Waals surface area contributed by atoms with Crippen LogP contribution < -0.4 is 9.64 Å². The molecule has 142 valence electrons. The summed E-state index contributed by atoms with van der Waals surface area (Å²) < 4.78 is 5.40. The fourth-order valence-corrected chi connectivity index (χ4v) is 3.79. The third kappa shape index (κ3) is 3.93. The van der Waals surface area contributed by atoms with Crippen molar-refractivity contribution >= 4 is 11.6 Å². The average Bonchev–Trinajstić information content (AvgIpc) is 3.53. The van der Waals surface area contributed by atoms with Gasteiger partial charge in [-0.15, -0.1) is 0 Å². The van der Waals surface area contributed by atoms with Gasteiger partial charge in [0.25, 0.3) is 0 Å². The largest absolute Gasteiger partial charge is 0.497 e. The zero-order valence-corrected chi connectivity index (χ0v) is 15.7. The Hall–Kier alpha value is -2.53. The van der Waals surface area contributed by atoms with E-state index in [9.17, 15) is 9.90 Å². The van der Waals surface area contributed by atoms with Crippen molar-refractivity contribution in [1.82, 2.24) is 4.90 Å². The van der Waals surface area contributed by atoms with Crippen LogP contribution in [0.1, 0.15) is 36.5 Å². The molecule has 1 N–H and O–H groups in total. The molecule has 4 rings (SSSR count). The summed E-state index contributed by atoms with van der Waals surface area (Å²) in [6.07, 6.45) is 2.07. The summed E-state index contributed by atoms with van der Waals surface area (Å²) in [5.41, 5.74) is 3.04. The number of nitrogens with zero attached hydrogens (tertiary/aromatic N) is 2. The fourth-order valence-electron chi connectivity index (χ4n) is 3.79. The molecule has 2 aliphatic rings. The molecule has 1 aliphatic carbocycles. The molecular weight excluding hydrogens is 340 g/mol. The zero-order valence-electron chi connectivity index (χ0n) is 15.7. The molecule has 0 aromatic heterocycles. The number of methoxy groups -OCH3 is 1. The summed E-state index contributed by atoms with van der Waals surface area (Å²) >= 11 is 0.